The molecule has 3 aromatic carbocycles. The number of hydrogen-bond acceptors (Lipinski definition) is 5. The summed E-state index contributed by atoms with van der Waals surface area (Å²) in [7, 11) is 0. The van der Waals surface area contributed by atoms with Crippen molar-refractivity contribution in [3.8, 4) is 5.75 Å². The van der Waals surface area contributed by atoms with Gasteiger partial charge in [-0.2, -0.15) is 13.2 Å². The fraction of sp³-hybridized carbons (Fsp3) is 0.148. The van der Waals surface area contributed by atoms with Gasteiger partial charge in [0.2, 0.25) is 0 Å². The van der Waals surface area contributed by atoms with Crippen LogP contribution in [0.2, 0.25) is 0 Å². The van der Waals surface area contributed by atoms with Crippen LogP contribution in [0, 0.1) is 13.8 Å². The fourth-order valence-corrected chi connectivity index (χ4v) is 4.79. The minimum atomic E-state index is -4.53. The van der Waals surface area contributed by atoms with Gasteiger partial charge in [-0.25, -0.2) is 0 Å². The second-order valence-electron chi connectivity index (χ2n) is 8.27. The lowest BCUT2D eigenvalue weighted by molar-refractivity contribution is -0.137. The third-order valence-electron chi connectivity index (χ3n) is 5.56. The Morgan fingerprint density at radius 2 is 1.78 bits per heavy atom. The Balaban J connectivity index is 1.39. The number of ether oxygens (including phenoxy) is 1. The molecule has 0 aliphatic carbocycles. The van der Waals surface area contributed by atoms with E-state index in [0.717, 1.165) is 39.9 Å². The van der Waals surface area contributed by atoms with Gasteiger partial charge in [0.25, 0.3) is 11.8 Å². The Morgan fingerprint density at radius 1 is 1.05 bits per heavy atom. The van der Waals surface area contributed by atoms with Crippen molar-refractivity contribution in [1.29, 1.82) is 0 Å². The molecule has 10 heteroatoms. The summed E-state index contributed by atoms with van der Waals surface area (Å²) in [5.41, 5.74) is 2.75. The SMILES string of the molecule is Cc1ccc(NC(=O)COc2ccc(/C=C3\SC(=S)N(c4cccc(C(F)(F)F)c4)C3=O)cc2)cc1C. The number of alkyl halides is 3. The number of benzene rings is 3. The molecule has 0 saturated carbocycles. The minimum absolute atomic E-state index is 0.0588. The number of nitrogens with one attached hydrogen (secondary N) is 1. The van der Waals surface area contributed by atoms with Gasteiger partial charge in [0.05, 0.1) is 16.2 Å². The number of thiocarbonyl (C=S) groups is 1. The van der Waals surface area contributed by atoms with Crippen molar-refractivity contribution in [2.24, 2.45) is 0 Å². The summed E-state index contributed by atoms with van der Waals surface area (Å²) in [6.45, 7) is 3.78. The normalized spacial score (nSPS) is 14.8. The molecule has 1 saturated heterocycles. The van der Waals surface area contributed by atoms with Crippen LogP contribution in [0.1, 0.15) is 22.3 Å². The summed E-state index contributed by atoms with van der Waals surface area (Å²) < 4.78 is 44.9. The minimum Gasteiger partial charge on any atom is -0.484 e. The van der Waals surface area contributed by atoms with Gasteiger partial charge >= 0.3 is 6.18 Å². The Kier molecular flexibility index (Phi) is 7.70. The molecule has 5 nitrogen and oxygen atoms in total. The zero-order valence-electron chi connectivity index (χ0n) is 19.8. The molecular formula is C27H21F3N2O3S2. The molecule has 1 aliphatic heterocycles. The Bertz CT molecular complexity index is 1400. The summed E-state index contributed by atoms with van der Waals surface area (Å²) in [4.78, 5) is 26.5. The number of anilines is 2. The van der Waals surface area contributed by atoms with Crippen LogP contribution in [0.3, 0.4) is 0 Å². The topological polar surface area (TPSA) is 58.6 Å². The molecule has 1 heterocycles. The molecule has 37 heavy (non-hydrogen) atoms. The van der Waals surface area contributed by atoms with Crippen LogP contribution in [0.4, 0.5) is 24.5 Å². The summed E-state index contributed by atoms with van der Waals surface area (Å²) in [6.07, 6.45) is -2.93. The summed E-state index contributed by atoms with van der Waals surface area (Å²) >= 11 is 6.27. The average Bonchev–Trinajstić information content (AvgIpc) is 3.13. The van der Waals surface area contributed by atoms with Crippen molar-refractivity contribution < 1.29 is 27.5 Å². The molecule has 0 atom stereocenters. The predicted molar refractivity (Wildman–Crippen MR) is 144 cm³/mol. The third-order valence-corrected chi connectivity index (χ3v) is 6.87. The fourth-order valence-electron chi connectivity index (χ4n) is 3.49. The summed E-state index contributed by atoms with van der Waals surface area (Å²) in [5.74, 6) is -0.341. The average molecular weight is 543 g/mol. The lowest BCUT2D eigenvalue weighted by atomic mass is 10.1. The van der Waals surface area contributed by atoms with E-state index in [1.807, 2.05) is 32.0 Å². The number of carbonyl (C=O) groups is 2. The van der Waals surface area contributed by atoms with Gasteiger partial charge in [0, 0.05) is 5.69 Å². The predicted octanol–water partition coefficient (Wildman–Crippen LogP) is 6.75. The number of amides is 2. The van der Waals surface area contributed by atoms with Crippen LogP contribution in [0.15, 0.2) is 71.6 Å². The molecule has 1 fully saturated rings. The molecule has 0 radical (unpaired) electrons. The maximum Gasteiger partial charge on any atom is 0.416 e. The van der Waals surface area contributed by atoms with E-state index in [0.29, 0.717) is 17.0 Å². The smallest absolute Gasteiger partial charge is 0.416 e. The van der Waals surface area contributed by atoms with Crippen molar-refractivity contribution in [2.75, 3.05) is 16.8 Å². The third kappa shape index (κ3) is 6.39. The monoisotopic (exact) mass is 542 g/mol. The second kappa shape index (κ2) is 10.8. The first-order valence-corrected chi connectivity index (χ1v) is 12.3. The zero-order valence-corrected chi connectivity index (χ0v) is 21.4. The summed E-state index contributed by atoms with van der Waals surface area (Å²) in [6, 6.07) is 16.8. The van der Waals surface area contributed by atoms with Crippen LogP contribution in [0.5, 0.6) is 5.75 Å². The first kappa shape index (κ1) is 26.4. The van der Waals surface area contributed by atoms with E-state index in [4.69, 9.17) is 17.0 Å². The Morgan fingerprint density at radius 3 is 2.46 bits per heavy atom. The largest absolute Gasteiger partial charge is 0.484 e. The van der Waals surface area contributed by atoms with Crippen molar-refractivity contribution in [1.82, 2.24) is 0 Å². The molecule has 1 N–H and O–H groups in total. The maximum atomic E-state index is 13.1. The van der Waals surface area contributed by atoms with Crippen molar-refractivity contribution in [2.45, 2.75) is 20.0 Å². The van der Waals surface area contributed by atoms with Crippen LogP contribution < -0.4 is 15.0 Å². The van der Waals surface area contributed by atoms with Gasteiger partial charge in [0.1, 0.15) is 5.75 Å². The highest BCUT2D eigenvalue weighted by Crippen LogP contribution is 2.38. The van der Waals surface area contributed by atoms with Crippen LogP contribution >= 0.6 is 24.0 Å². The van der Waals surface area contributed by atoms with Crippen LogP contribution in [-0.2, 0) is 15.8 Å². The molecule has 0 spiro atoms. The zero-order chi connectivity index (χ0) is 26.7. The number of nitrogens with zero attached hydrogens (tertiary/aromatic N) is 1. The number of aryl methyl sites for hydroxylation is 2. The quantitative estimate of drug-likeness (QED) is 0.276. The molecule has 2 amide bonds. The van der Waals surface area contributed by atoms with E-state index in [2.05, 4.69) is 5.32 Å². The van der Waals surface area contributed by atoms with Gasteiger partial charge in [0.15, 0.2) is 10.9 Å². The molecule has 4 rings (SSSR count). The molecular weight excluding hydrogens is 521 g/mol. The van der Waals surface area contributed by atoms with Crippen molar-refractivity contribution in [3.63, 3.8) is 0 Å². The number of hydrogen-bond donors (Lipinski definition) is 1. The number of thioether (sulfide) groups is 1. The first-order chi connectivity index (χ1) is 17.5. The van der Waals surface area contributed by atoms with E-state index >= 15 is 0 Å². The molecule has 0 aromatic heterocycles. The van der Waals surface area contributed by atoms with E-state index in [1.165, 1.54) is 12.1 Å². The highest BCUT2D eigenvalue weighted by molar-refractivity contribution is 8.27. The lowest BCUT2D eigenvalue weighted by Crippen LogP contribution is -2.27. The van der Waals surface area contributed by atoms with Crippen LogP contribution in [0.25, 0.3) is 6.08 Å². The molecule has 1 aliphatic rings. The Hall–Kier alpha value is -3.63. The van der Waals surface area contributed by atoms with E-state index in [9.17, 15) is 22.8 Å². The molecule has 0 unspecified atom stereocenters. The standard InChI is InChI=1S/C27H21F3N2O3S2/c1-16-6-9-20(12-17(16)2)31-24(33)15-35-22-10-7-18(8-11-22)13-23-25(34)32(26(36)37-23)21-5-3-4-19(14-21)27(28,29)30/h3-14H,15H2,1-2H3,(H,31,33)/b23-13-. The molecule has 190 valence electrons. The van der Waals surface area contributed by atoms with Gasteiger partial charge in [-0.1, -0.05) is 48.2 Å². The van der Waals surface area contributed by atoms with Gasteiger partial charge in [-0.05, 0) is 79.1 Å². The van der Waals surface area contributed by atoms with Gasteiger partial charge in [-0.15, -0.1) is 0 Å². The van der Waals surface area contributed by atoms with Crippen molar-refractivity contribution in [3.05, 3.63) is 93.9 Å². The van der Waals surface area contributed by atoms with Crippen LogP contribution in [-0.4, -0.2) is 22.7 Å². The van der Waals surface area contributed by atoms with E-state index < -0.39 is 17.6 Å². The molecule has 0 bridgehead atoms. The number of carbonyl (C=O) groups excluding carboxylic acids is 2. The van der Waals surface area contributed by atoms with Crippen molar-refractivity contribution >= 4 is 57.6 Å². The Labute approximate surface area is 221 Å². The highest BCUT2D eigenvalue weighted by atomic mass is 32.2. The first-order valence-electron chi connectivity index (χ1n) is 11.1. The van der Waals surface area contributed by atoms with Gasteiger partial charge in [-0.3, -0.25) is 14.5 Å². The highest BCUT2D eigenvalue weighted by Gasteiger charge is 2.36. The molecule has 3 aromatic rings. The number of rotatable bonds is 6. The van der Waals surface area contributed by atoms with E-state index in [1.54, 1.807) is 30.3 Å². The number of halogens is 3. The maximum absolute atomic E-state index is 13.1. The summed E-state index contributed by atoms with van der Waals surface area (Å²) in [5, 5.41) is 2.79. The van der Waals surface area contributed by atoms with Gasteiger partial charge < -0.3 is 10.1 Å². The van der Waals surface area contributed by atoms with E-state index in [-0.39, 0.29) is 27.4 Å². The lowest BCUT2D eigenvalue weighted by Gasteiger charge is -2.16. The second-order valence-corrected chi connectivity index (χ2v) is 9.95.